The summed E-state index contributed by atoms with van der Waals surface area (Å²) >= 11 is 0. The van der Waals surface area contributed by atoms with Gasteiger partial charge in [-0.15, -0.1) is 0 Å². The van der Waals surface area contributed by atoms with Crippen LogP contribution in [0.3, 0.4) is 0 Å². The van der Waals surface area contributed by atoms with Gasteiger partial charge in [0.25, 0.3) is 0 Å². The van der Waals surface area contributed by atoms with Gasteiger partial charge in [-0.3, -0.25) is 4.79 Å². The summed E-state index contributed by atoms with van der Waals surface area (Å²) in [5.41, 5.74) is -6.29. The Labute approximate surface area is 543 Å². The summed E-state index contributed by atoms with van der Waals surface area (Å²) in [6.45, 7) is 11.3. The molecule has 37 atom stereocenters. The topological polar surface area (TPSA) is 492 Å². The van der Waals surface area contributed by atoms with Gasteiger partial charge in [-0.2, -0.15) is 0 Å². The summed E-state index contributed by atoms with van der Waals surface area (Å²) in [5.74, 6) is -2.10. The third kappa shape index (κ3) is 12.1. The fourth-order valence-electron chi connectivity index (χ4n) is 18.9. The minimum atomic E-state index is -2.08. The molecule has 0 amide bonds. The molecular weight excluding hydrogens is 1250 g/mol. The van der Waals surface area contributed by atoms with Gasteiger partial charge in [0.1, 0.15) is 103 Å². The highest BCUT2D eigenvalue weighted by atomic mass is 16.8. The van der Waals surface area contributed by atoms with Gasteiger partial charge < -0.3 is 149 Å². The minimum Gasteiger partial charge on any atom is -0.432 e. The van der Waals surface area contributed by atoms with Crippen molar-refractivity contribution in [3.63, 3.8) is 0 Å². The second kappa shape index (κ2) is 26.8. The van der Waals surface area contributed by atoms with Crippen LogP contribution < -0.4 is 0 Å². The summed E-state index contributed by atoms with van der Waals surface area (Å²) in [5, 5.41) is 200. The summed E-state index contributed by atoms with van der Waals surface area (Å²) in [6, 6.07) is 0. The first-order valence-corrected chi connectivity index (χ1v) is 33.1. The minimum absolute atomic E-state index is 0.0409. The molecule has 10 fully saturated rings. The number of hydrogen-bond donors (Lipinski definition) is 18. The Hall–Kier alpha value is -1.95. The number of hydrogen-bond acceptors (Lipinski definition) is 31. The molecule has 4 saturated carbocycles. The molecule has 11 aliphatic rings. The van der Waals surface area contributed by atoms with Crippen LogP contribution in [0.2, 0.25) is 0 Å². The standard InChI is InChI=1S/C63H102O31/c1-24-34(71)36(73)39(76)51(86-24)90-44-31(70)20-83-50(42(44)79)89-43-25(2)87-52(40(77)37(43)74)92-46-35(72)30(69)19-84-54(46)94-56(81)62-13-11-57(3,4)15-27(62)26-9-10-33-58(5)16-29(68)49(59(6,21-65)47(58)28(67)17-61(33,8)60(26,7)12-14-62)93-53-41(78)38(75)45(32(18-64)88-53)91-55-48(80)63(82,22-66)23-85-55/h9,24-25,27-55,64-80,82H,10-23H2,1-8H3. The van der Waals surface area contributed by atoms with Crippen molar-refractivity contribution in [3.05, 3.63) is 11.6 Å². The molecule has 6 aliphatic heterocycles. The molecular formula is C63H102O31. The Morgan fingerprint density at radius 2 is 1.12 bits per heavy atom. The number of aliphatic hydroxyl groups excluding tert-OH is 17. The summed E-state index contributed by atoms with van der Waals surface area (Å²) in [7, 11) is 0. The molecule has 0 bridgehead atoms. The predicted molar refractivity (Wildman–Crippen MR) is 311 cm³/mol. The maximum absolute atomic E-state index is 15.5. The van der Waals surface area contributed by atoms with Gasteiger partial charge in [0, 0.05) is 11.3 Å². The molecule has 540 valence electrons. The highest BCUT2D eigenvalue weighted by molar-refractivity contribution is 5.79. The highest BCUT2D eigenvalue weighted by Crippen LogP contribution is 2.76. The Morgan fingerprint density at radius 1 is 0.532 bits per heavy atom. The van der Waals surface area contributed by atoms with Gasteiger partial charge in [-0.05, 0) is 98.7 Å². The van der Waals surface area contributed by atoms with E-state index in [1.165, 1.54) is 13.8 Å². The zero-order chi connectivity index (χ0) is 68.6. The lowest BCUT2D eigenvalue weighted by Crippen LogP contribution is -2.72. The van der Waals surface area contributed by atoms with E-state index in [0.717, 1.165) is 5.57 Å². The summed E-state index contributed by atoms with van der Waals surface area (Å²) in [6.07, 6.45) is -39.7. The monoisotopic (exact) mass is 1350 g/mol. The molecule has 0 radical (unpaired) electrons. The molecule has 31 nitrogen and oxygen atoms in total. The smallest absolute Gasteiger partial charge is 0.315 e. The zero-order valence-corrected chi connectivity index (χ0v) is 54.2. The van der Waals surface area contributed by atoms with E-state index in [-0.39, 0.29) is 24.2 Å². The van der Waals surface area contributed by atoms with Crippen molar-refractivity contribution in [3.8, 4) is 0 Å². The predicted octanol–water partition coefficient (Wildman–Crippen LogP) is -5.50. The van der Waals surface area contributed by atoms with E-state index in [4.69, 9.17) is 56.8 Å². The Morgan fingerprint density at radius 3 is 1.77 bits per heavy atom. The quantitative estimate of drug-likeness (QED) is 0.0413. The molecule has 6 heterocycles. The molecule has 0 spiro atoms. The molecule has 6 saturated heterocycles. The lowest BCUT2D eigenvalue weighted by Gasteiger charge is -2.72. The first-order chi connectivity index (χ1) is 44.0. The van der Waals surface area contributed by atoms with Gasteiger partial charge in [0.2, 0.25) is 6.29 Å². The van der Waals surface area contributed by atoms with Crippen LogP contribution in [0.1, 0.15) is 107 Å². The third-order valence-electron chi connectivity index (χ3n) is 24.5. The Kier molecular flexibility index (Phi) is 20.9. The van der Waals surface area contributed by atoms with E-state index in [2.05, 4.69) is 33.8 Å². The van der Waals surface area contributed by atoms with Crippen molar-refractivity contribution >= 4 is 5.97 Å². The molecule has 31 heteroatoms. The van der Waals surface area contributed by atoms with Crippen molar-refractivity contribution in [2.24, 2.45) is 50.2 Å². The third-order valence-corrected chi connectivity index (χ3v) is 24.5. The van der Waals surface area contributed by atoms with E-state index < -0.39 is 262 Å². The SMILES string of the molecule is CC1OC(OC2C(O)COC(OC3C(C)OC(OC4C(OC(=O)C56CCC(C)(C)CC5C5=CCC7C8(C)CC(O)C(OC9OC(CO)C(OC%10OCC(O)(CO)C%10O)C(O)C9O)C(C)(CO)C8C(O)CC7(C)C5(C)CC6)OCC(O)C4O)C(O)C3O)C2O)C(O)C(O)C1O. The molecule has 94 heavy (non-hydrogen) atoms. The van der Waals surface area contributed by atoms with Crippen LogP contribution in [0.5, 0.6) is 0 Å². The largest absolute Gasteiger partial charge is 0.432 e. The van der Waals surface area contributed by atoms with Crippen LogP contribution in [-0.2, 0) is 61.6 Å². The molecule has 18 N–H and O–H groups in total. The molecule has 0 aromatic carbocycles. The maximum Gasteiger partial charge on any atom is 0.315 e. The first kappa shape index (κ1) is 73.3. The van der Waals surface area contributed by atoms with Crippen LogP contribution in [0, 0.1) is 50.2 Å². The van der Waals surface area contributed by atoms with E-state index >= 15 is 4.79 Å². The fourth-order valence-corrected chi connectivity index (χ4v) is 18.9. The lowest BCUT2D eigenvalue weighted by atomic mass is 9.33. The van der Waals surface area contributed by atoms with Crippen LogP contribution >= 0.6 is 0 Å². The second-order valence-electron chi connectivity index (χ2n) is 30.8. The van der Waals surface area contributed by atoms with E-state index in [1.54, 1.807) is 6.92 Å². The van der Waals surface area contributed by atoms with Gasteiger partial charge >= 0.3 is 5.97 Å². The van der Waals surface area contributed by atoms with Gasteiger partial charge in [0.05, 0.1) is 75.6 Å². The molecule has 11 rings (SSSR count). The van der Waals surface area contributed by atoms with E-state index in [9.17, 15) is 91.9 Å². The summed E-state index contributed by atoms with van der Waals surface area (Å²) < 4.78 is 70.7. The van der Waals surface area contributed by atoms with Crippen molar-refractivity contribution in [2.45, 2.75) is 284 Å². The number of rotatable bonds is 15. The average Bonchev–Trinajstić information content (AvgIpc) is 0.732. The van der Waals surface area contributed by atoms with Crippen molar-refractivity contribution in [2.75, 3.05) is 39.6 Å². The van der Waals surface area contributed by atoms with Gasteiger partial charge in [-0.25, -0.2) is 0 Å². The molecule has 0 aromatic rings. The van der Waals surface area contributed by atoms with Crippen LogP contribution in [0.25, 0.3) is 0 Å². The van der Waals surface area contributed by atoms with Gasteiger partial charge in [-0.1, -0.05) is 53.2 Å². The number of allylic oxidation sites excluding steroid dienone is 2. The van der Waals surface area contributed by atoms with Crippen LogP contribution in [-0.4, -0.2) is 315 Å². The van der Waals surface area contributed by atoms with Crippen molar-refractivity contribution < 1.29 is 154 Å². The van der Waals surface area contributed by atoms with E-state index in [0.29, 0.717) is 38.5 Å². The van der Waals surface area contributed by atoms with Crippen LogP contribution in [0.4, 0.5) is 0 Å². The maximum atomic E-state index is 15.5. The molecule has 0 aromatic heterocycles. The lowest BCUT2D eigenvalue weighted by molar-refractivity contribution is -0.377. The number of carbonyl (C=O) groups excluding carboxylic acids is 1. The van der Waals surface area contributed by atoms with Gasteiger partial charge in [0.15, 0.2) is 37.6 Å². The van der Waals surface area contributed by atoms with E-state index in [1.807, 2.05) is 6.92 Å². The summed E-state index contributed by atoms with van der Waals surface area (Å²) in [4.78, 5) is 15.5. The van der Waals surface area contributed by atoms with Crippen molar-refractivity contribution in [1.82, 2.24) is 0 Å². The Bertz CT molecular complexity index is 2680. The molecule has 5 aliphatic carbocycles. The second-order valence-corrected chi connectivity index (χ2v) is 30.8. The Balaban J connectivity index is 0.785. The number of ether oxygens (including phenoxy) is 12. The number of fused-ring (bicyclic) bond motifs is 7. The molecule has 37 unspecified atom stereocenters. The number of carbonyl (C=O) groups is 1. The first-order valence-electron chi connectivity index (χ1n) is 33.1. The normalized spacial score (nSPS) is 55.9. The number of aliphatic hydroxyl groups is 18. The highest BCUT2D eigenvalue weighted by Gasteiger charge is 2.74. The van der Waals surface area contributed by atoms with Crippen molar-refractivity contribution in [1.29, 1.82) is 0 Å². The number of esters is 1. The zero-order valence-electron chi connectivity index (χ0n) is 54.2. The fraction of sp³-hybridized carbons (Fsp3) is 0.952. The average molecular weight is 1360 g/mol. The van der Waals surface area contributed by atoms with Crippen LogP contribution in [0.15, 0.2) is 11.6 Å².